The van der Waals surface area contributed by atoms with Crippen molar-refractivity contribution in [2.45, 2.75) is 20.3 Å². The Morgan fingerprint density at radius 3 is 2.87 bits per heavy atom. The summed E-state index contributed by atoms with van der Waals surface area (Å²) in [6.07, 6.45) is 0.556. The SMILES string of the molecule is C=C(C)COc1cc(C)cc2c1C(=O)C2. The van der Waals surface area contributed by atoms with Crippen molar-refractivity contribution in [2.24, 2.45) is 0 Å². The Morgan fingerprint density at radius 2 is 2.27 bits per heavy atom. The Hall–Kier alpha value is -1.57. The van der Waals surface area contributed by atoms with Gasteiger partial charge in [-0.3, -0.25) is 4.79 Å². The van der Waals surface area contributed by atoms with Crippen LogP contribution in [0, 0.1) is 6.92 Å². The molecule has 0 aliphatic heterocycles. The molecule has 0 atom stereocenters. The standard InChI is InChI=1S/C13H14O2/c1-8(2)7-15-12-5-9(3)4-10-6-11(14)13(10)12/h4-5H,1,6-7H2,2-3H3. The van der Waals surface area contributed by atoms with Crippen LogP contribution in [0.1, 0.15) is 28.4 Å². The largest absolute Gasteiger partial charge is 0.488 e. The smallest absolute Gasteiger partial charge is 0.171 e. The van der Waals surface area contributed by atoms with Crippen LogP contribution in [0.25, 0.3) is 0 Å². The molecule has 0 unspecified atom stereocenters. The molecular formula is C13H14O2. The predicted molar refractivity (Wildman–Crippen MR) is 59.5 cm³/mol. The van der Waals surface area contributed by atoms with E-state index in [4.69, 9.17) is 4.74 Å². The number of Topliss-reactive ketones (excluding diaryl/α,β-unsaturated/α-hetero) is 1. The molecule has 15 heavy (non-hydrogen) atoms. The van der Waals surface area contributed by atoms with Gasteiger partial charge >= 0.3 is 0 Å². The van der Waals surface area contributed by atoms with Crippen molar-refractivity contribution in [3.8, 4) is 5.75 Å². The third-order valence-electron chi connectivity index (χ3n) is 2.43. The van der Waals surface area contributed by atoms with Gasteiger partial charge in [0.2, 0.25) is 0 Å². The summed E-state index contributed by atoms with van der Waals surface area (Å²) in [5.74, 6) is 0.894. The molecule has 1 aromatic rings. The number of carbonyl (C=O) groups excluding carboxylic acids is 1. The van der Waals surface area contributed by atoms with Crippen LogP contribution in [-0.2, 0) is 6.42 Å². The second-order valence-electron chi connectivity index (χ2n) is 4.14. The molecule has 1 aliphatic rings. The quantitative estimate of drug-likeness (QED) is 0.704. The highest BCUT2D eigenvalue weighted by Gasteiger charge is 2.27. The van der Waals surface area contributed by atoms with E-state index in [9.17, 15) is 4.79 Å². The van der Waals surface area contributed by atoms with Crippen molar-refractivity contribution >= 4 is 5.78 Å². The van der Waals surface area contributed by atoms with Gasteiger partial charge in [0.1, 0.15) is 12.4 Å². The molecule has 2 heteroatoms. The van der Waals surface area contributed by atoms with E-state index in [1.165, 1.54) is 0 Å². The average Bonchev–Trinajstić information content (AvgIpc) is 2.12. The van der Waals surface area contributed by atoms with E-state index in [0.29, 0.717) is 18.8 Å². The maximum absolute atomic E-state index is 11.4. The minimum absolute atomic E-state index is 0.182. The molecule has 0 bridgehead atoms. The second-order valence-corrected chi connectivity index (χ2v) is 4.14. The van der Waals surface area contributed by atoms with Crippen LogP contribution < -0.4 is 4.74 Å². The fraction of sp³-hybridized carbons (Fsp3) is 0.308. The van der Waals surface area contributed by atoms with Crippen LogP contribution in [0.3, 0.4) is 0 Å². The summed E-state index contributed by atoms with van der Waals surface area (Å²) in [6, 6.07) is 3.96. The minimum atomic E-state index is 0.182. The van der Waals surface area contributed by atoms with Gasteiger partial charge in [-0.15, -0.1) is 0 Å². The van der Waals surface area contributed by atoms with Crippen LogP contribution in [0.15, 0.2) is 24.3 Å². The van der Waals surface area contributed by atoms with Gasteiger partial charge in [0.25, 0.3) is 0 Å². The number of ether oxygens (including phenoxy) is 1. The van der Waals surface area contributed by atoms with Crippen LogP contribution in [0.5, 0.6) is 5.75 Å². The molecule has 2 nitrogen and oxygen atoms in total. The summed E-state index contributed by atoms with van der Waals surface area (Å²) in [4.78, 5) is 11.4. The highest BCUT2D eigenvalue weighted by Crippen LogP contribution is 2.33. The first-order valence-corrected chi connectivity index (χ1v) is 5.02. The highest BCUT2D eigenvalue weighted by atomic mass is 16.5. The molecule has 0 radical (unpaired) electrons. The van der Waals surface area contributed by atoms with Crippen molar-refractivity contribution in [1.82, 2.24) is 0 Å². The summed E-state index contributed by atoms with van der Waals surface area (Å²) in [5, 5.41) is 0. The van der Waals surface area contributed by atoms with Crippen LogP contribution >= 0.6 is 0 Å². The summed E-state index contributed by atoms with van der Waals surface area (Å²) in [7, 11) is 0. The molecule has 0 fully saturated rings. The summed E-state index contributed by atoms with van der Waals surface area (Å²) in [6.45, 7) is 8.16. The zero-order valence-corrected chi connectivity index (χ0v) is 9.09. The molecule has 0 amide bonds. The molecule has 1 aromatic carbocycles. The molecule has 0 saturated carbocycles. The van der Waals surface area contributed by atoms with Crippen molar-refractivity contribution in [3.63, 3.8) is 0 Å². The normalized spacial score (nSPS) is 13.1. The molecular weight excluding hydrogens is 188 g/mol. The van der Waals surface area contributed by atoms with Crippen molar-refractivity contribution in [3.05, 3.63) is 41.0 Å². The zero-order valence-electron chi connectivity index (χ0n) is 9.09. The van der Waals surface area contributed by atoms with E-state index in [1.54, 1.807) is 0 Å². The Balaban J connectivity index is 2.30. The highest BCUT2D eigenvalue weighted by molar-refractivity contribution is 6.09. The number of hydrogen-bond donors (Lipinski definition) is 0. The Kier molecular flexibility index (Phi) is 2.35. The topological polar surface area (TPSA) is 26.3 Å². The number of aryl methyl sites for hydroxylation is 1. The van der Waals surface area contributed by atoms with Crippen LogP contribution in [-0.4, -0.2) is 12.4 Å². The Labute approximate surface area is 89.6 Å². The van der Waals surface area contributed by atoms with E-state index in [2.05, 4.69) is 6.58 Å². The van der Waals surface area contributed by atoms with E-state index in [1.807, 2.05) is 26.0 Å². The lowest BCUT2D eigenvalue weighted by Gasteiger charge is -2.22. The van der Waals surface area contributed by atoms with E-state index < -0.39 is 0 Å². The fourth-order valence-corrected chi connectivity index (χ4v) is 1.75. The molecule has 0 aromatic heterocycles. The summed E-state index contributed by atoms with van der Waals surface area (Å²) >= 11 is 0. The maximum atomic E-state index is 11.4. The van der Waals surface area contributed by atoms with Crippen molar-refractivity contribution in [2.75, 3.05) is 6.61 Å². The third kappa shape index (κ3) is 1.80. The lowest BCUT2D eigenvalue weighted by molar-refractivity contribution is 0.0963. The number of carbonyl (C=O) groups is 1. The van der Waals surface area contributed by atoms with Crippen LogP contribution in [0.2, 0.25) is 0 Å². The van der Waals surface area contributed by atoms with Gasteiger partial charge < -0.3 is 4.74 Å². The Morgan fingerprint density at radius 1 is 1.53 bits per heavy atom. The van der Waals surface area contributed by atoms with Gasteiger partial charge in [-0.2, -0.15) is 0 Å². The summed E-state index contributed by atoms with van der Waals surface area (Å²) in [5.41, 5.74) is 3.97. The molecule has 0 saturated heterocycles. The van der Waals surface area contributed by atoms with Gasteiger partial charge in [-0.05, 0) is 36.6 Å². The van der Waals surface area contributed by atoms with Crippen molar-refractivity contribution < 1.29 is 9.53 Å². The fourth-order valence-electron chi connectivity index (χ4n) is 1.75. The number of benzene rings is 1. The first-order chi connectivity index (χ1) is 7.08. The van der Waals surface area contributed by atoms with Gasteiger partial charge in [0, 0.05) is 6.42 Å². The minimum Gasteiger partial charge on any atom is -0.488 e. The number of rotatable bonds is 3. The second kappa shape index (κ2) is 3.54. The zero-order chi connectivity index (χ0) is 11.0. The first kappa shape index (κ1) is 9.97. The molecule has 0 N–H and O–H groups in total. The third-order valence-corrected chi connectivity index (χ3v) is 2.43. The number of hydrogen-bond acceptors (Lipinski definition) is 2. The van der Waals surface area contributed by atoms with Gasteiger partial charge in [0.15, 0.2) is 5.78 Å². The monoisotopic (exact) mass is 202 g/mol. The van der Waals surface area contributed by atoms with Crippen molar-refractivity contribution in [1.29, 1.82) is 0 Å². The number of ketones is 1. The van der Waals surface area contributed by atoms with E-state index in [-0.39, 0.29) is 5.78 Å². The summed E-state index contributed by atoms with van der Waals surface area (Å²) < 4.78 is 5.56. The first-order valence-electron chi connectivity index (χ1n) is 5.02. The lowest BCUT2D eigenvalue weighted by atomic mass is 9.85. The molecule has 0 heterocycles. The van der Waals surface area contributed by atoms with E-state index in [0.717, 1.165) is 22.3 Å². The molecule has 1 aliphatic carbocycles. The lowest BCUT2D eigenvalue weighted by Crippen LogP contribution is -2.21. The van der Waals surface area contributed by atoms with E-state index >= 15 is 0 Å². The Bertz CT molecular complexity index is 444. The number of fused-ring (bicyclic) bond motifs is 1. The van der Waals surface area contributed by atoms with Gasteiger partial charge in [-0.25, -0.2) is 0 Å². The van der Waals surface area contributed by atoms with Gasteiger partial charge in [0.05, 0.1) is 5.56 Å². The van der Waals surface area contributed by atoms with Crippen LogP contribution in [0.4, 0.5) is 0 Å². The predicted octanol–water partition coefficient (Wildman–Crippen LogP) is 2.69. The maximum Gasteiger partial charge on any atom is 0.171 e. The molecule has 78 valence electrons. The average molecular weight is 202 g/mol. The van der Waals surface area contributed by atoms with Gasteiger partial charge in [-0.1, -0.05) is 12.6 Å². The molecule has 2 rings (SSSR count). The molecule has 0 spiro atoms.